The lowest BCUT2D eigenvalue weighted by Crippen LogP contribution is -2.27. The van der Waals surface area contributed by atoms with Crippen molar-refractivity contribution in [2.75, 3.05) is 0 Å². The summed E-state index contributed by atoms with van der Waals surface area (Å²) >= 11 is 0. The Balaban J connectivity index is 2.18. The van der Waals surface area contributed by atoms with Gasteiger partial charge in [-0.3, -0.25) is 4.89 Å². The van der Waals surface area contributed by atoms with Crippen molar-refractivity contribution in [3.63, 3.8) is 0 Å². The van der Waals surface area contributed by atoms with E-state index in [-0.39, 0.29) is 0 Å². The Kier molecular flexibility index (Phi) is 2.56. The third-order valence-corrected chi connectivity index (χ3v) is 1.66. The zero-order valence-electron chi connectivity index (χ0n) is 6.06. The van der Waals surface area contributed by atoms with Crippen LogP contribution in [0.3, 0.4) is 0 Å². The normalized spacial score (nSPS) is 18.6. The molecule has 3 nitrogen and oxygen atoms in total. The zero-order chi connectivity index (χ0) is 9.19. The molecule has 0 heterocycles. The van der Waals surface area contributed by atoms with E-state index in [9.17, 15) is 18.0 Å². The smallest absolute Gasteiger partial charge is 0.290 e. The molecule has 1 fully saturated rings. The minimum absolute atomic E-state index is 0.410. The number of hydrogen-bond donors (Lipinski definition) is 0. The Labute approximate surface area is 66.4 Å². The van der Waals surface area contributed by atoms with E-state index in [0.717, 1.165) is 6.42 Å². The lowest BCUT2D eigenvalue weighted by molar-refractivity contribution is -0.464. The molecule has 12 heavy (non-hydrogen) atoms. The summed E-state index contributed by atoms with van der Waals surface area (Å²) in [6, 6.07) is 0. The molecule has 6 heteroatoms. The van der Waals surface area contributed by atoms with E-state index in [1.165, 1.54) is 0 Å². The number of hydrogen-bond acceptors (Lipinski definition) is 3. The van der Waals surface area contributed by atoms with Gasteiger partial charge in [-0.1, -0.05) is 11.3 Å². The SMILES string of the molecule is O=C(OOC(F)(F)F)C1CCC1. The minimum atomic E-state index is -4.90. The first-order valence-electron chi connectivity index (χ1n) is 3.45. The quantitative estimate of drug-likeness (QED) is 0.484. The Morgan fingerprint density at radius 1 is 1.33 bits per heavy atom. The predicted octanol–water partition coefficient (Wildman–Crippen LogP) is 1.78. The number of halogens is 3. The second kappa shape index (κ2) is 3.30. The van der Waals surface area contributed by atoms with E-state index in [1.807, 2.05) is 0 Å². The van der Waals surface area contributed by atoms with E-state index in [1.54, 1.807) is 0 Å². The van der Waals surface area contributed by atoms with Crippen LogP contribution >= 0.6 is 0 Å². The van der Waals surface area contributed by atoms with Crippen LogP contribution in [0.2, 0.25) is 0 Å². The fraction of sp³-hybridized carbons (Fsp3) is 0.833. The standard InChI is InChI=1S/C6H7F3O3/c7-6(8,9)12-11-5(10)4-2-1-3-4/h4H,1-3H2. The van der Waals surface area contributed by atoms with Gasteiger partial charge in [0, 0.05) is 0 Å². The lowest BCUT2D eigenvalue weighted by Gasteiger charge is -2.21. The van der Waals surface area contributed by atoms with E-state index in [4.69, 9.17) is 0 Å². The van der Waals surface area contributed by atoms with Crippen molar-refractivity contribution in [3.8, 4) is 0 Å². The zero-order valence-corrected chi connectivity index (χ0v) is 6.06. The highest BCUT2D eigenvalue weighted by molar-refractivity contribution is 5.72. The maximum atomic E-state index is 11.3. The maximum Gasteiger partial charge on any atom is 0.558 e. The molecule has 0 bridgehead atoms. The van der Waals surface area contributed by atoms with E-state index in [2.05, 4.69) is 9.78 Å². The molecule has 1 saturated carbocycles. The Bertz CT molecular complexity index is 173. The molecule has 0 aromatic carbocycles. The molecule has 0 amide bonds. The van der Waals surface area contributed by atoms with E-state index >= 15 is 0 Å². The van der Waals surface area contributed by atoms with Gasteiger partial charge in [-0.25, -0.2) is 4.79 Å². The monoisotopic (exact) mass is 184 g/mol. The Hall–Kier alpha value is -0.780. The molecule has 0 radical (unpaired) electrons. The van der Waals surface area contributed by atoms with Gasteiger partial charge in [0.15, 0.2) is 0 Å². The lowest BCUT2D eigenvalue weighted by atomic mass is 9.86. The van der Waals surface area contributed by atoms with E-state index in [0.29, 0.717) is 12.8 Å². The van der Waals surface area contributed by atoms with Crippen LogP contribution in [0.1, 0.15) is 19.3 Å². The van der Waals surface area contributed by atoms with Crippen LogP contribution in [0.5, 0.6) is 0 Å². The summed E-state index contributed by atoms with van der Waals surface area (Å²) in [4.78, 5) is 17.1. The second-order valence-electron chi connectivity index (χ2n) is 2.56. The first-order chi connectivity index (χ1) is 5.49. The van der Waals surface area contributed by atoms with Crippen molar-refractivity contribution in [1.82, 2.24) is 0 Å². The highest BCUT2D eigenvalue weighted by atomic mass is 19.4. The molecule has 0 spiro atoms. The molecule has 1 aliphatic carbocycles. The van der Waals surface area contributed by atoms with Crippen LogP contribution < -0.4 is 0 Å². The van der Waals surface area contributed by atoms with Crippen molar-refractivity contribution < 1.29 is 27.7 Å². The van der Waals surface area contributed by atoms with Gasteiger partial charge in [-0.2, -0.15) is 0 Å². The predicted molar refractivity (Wildman–Crippen MR) is 30.6 cm³/mol. The molecule has 0 aromatic rings. The van der Waals surface area contributed by atoms with Gasteiger partial charge in [0.25, 0.3) is 0 Å². The number of carbonyl (C=O) groups excluding carboxylic acids is 1. The molecular weight excluding hydrogens is 177 g/mol. The number of carbonyl (C=O) groups is 1. The van der Waals surface area contributed by atoms with Gasteiger partial charge in [0.2, 0.25) is 0 Å². The summed E-state index contributed by atoms with van der Waals surface area (Å²) in [7, 11) is 0. The average Bonchev–Trinajstić information content (AvgIpc) is 1.78. The van der Waals surface area contributed by atoms with Gasteiger partial charge < -0.3 is 0 Å². The van der Waals surface area contributed by atoms with Crippen molar-refractivity contribution in [1.29, 1.82) is 0 Å². The molecule has 0 atom stereocenters. The highest BCUT2D eigenvalue weighted by Gasteiger charge is 2.35. The fourth-order valence-corrected chi connectivity index (χ4v) is 0.800. The summed E-state index contributed by atoms with van der Waals surface area (Å²) in [6.07, 6.45) is -2.88. The van der Waals surface area contributed by atoms with Crippen LogP contribution in [0, 0.1) is 5.92 Å². The van der Waals surface area contributed by atoms with Crippen LogP contribution in [0.15, 0.2) is 0 Å². The molecule has 0 saturated heterocycles. The fourth-order valence-electron chi connectivity index (χ4n) is 0.800. The largest absolute Gasteiger partial charge is 0.558 e. The Morgan fingerprint density at radius 3 is 2.25 bits per heavy atom. The highest BCUT2D eigenvalue weighted by Crippen LogP contribution is 2.28. The third kappa shape index (κ3) is 2.69. The van der Waals surface area contributed by atoms with Crippen LogP contribution in [0.4, 0.5) is 13.2 Å². The molecular formula is C6H7F3O3. The van der Waals surface area contributed by atoms with Crippen LogP contribution in [0.25, 0.3) is 0 Å². The molecule has 0 aromatic heterocycles. The third-order valence-electron chi connectivity index (χ3n) is 1.66. The maximum absolute atomic E-state index is 11.3. The van der Waals surface area contributed by atoms with Gasteiger partial charge in [0.1, 0.15) is 0 Å². The summed E-state index contributed by atoms with van der Waals surface area (Å²) < 4.78 is 33.9. The van der Waals surface area contributed by atoms with Crippen molar-refractivity contribution in [2.24, 2.45) is 5.92 Å². The van der Waals surface area contributed by atoms with E-state index < -0.39 is 18.2 Å². The molecule has 0 N–H and O–H groups in total. The first kappa shape index (κ1) is 9.31. The summed E-state index contributed by atoms with van der Waals surface area (Å²) in [5.41, 5.74) is 0. The van der Waals surface area contributed by atoms with Crippen molar-refractivity contribution in [3.05, 3.63) is 0 Å². The average molecular weight is 184 g/mol. The topological polar surface area (TPSA) is 35.5 Å². The molecule has 70 valence electrons. The van der Waals surface area contributed by atoms with Crippen molar-refractivity contribution in [2.45, 2.75) is 25.6 Å². The second-order valence-corrected chi connectivity index (χ2v) is 2.56. The summed E-state index contributed by atoms with van der Waals surface area (Å²) in [6.45, 7) is 0. The number of alkyl halides is 3. The van der Waals surface area contributed by atoms with Gasteiger partial charge in [-0.05, 0) is 12.8 Å². The van der Waals surface area contributed by atoms with Crippen LogP contribution in [-0.2, 0) is 14.6 Å². The number of rotatable bonds is 2. The summed E-state index contributed by atoms with van der Waals surface area (Å²) in [5.74, 6) is -1.34. The van der Waals surface area contributed by atoms with Gasteiger partial charge in [0.05, 0.1) is 5.92 Å². The molecule has 0 unspecified atom stereocenters. The first-order valence-corrected chi connectivity index (χ1v) is 3.45. The molecule has 1 rings (SSSR count). The van der Waals surface area contributed by atoms with Crippen molar-refractivity contribution >= 4 is 5.97 Å². The van der Waals surface area contributed by atoms with Gasteiger partial charge >= 0.3 is 12.3 Å². The van der Waals surface area contributed by atoms with Gasteiger partial charge in [-0.15, -0.1) is 13.2 Å². The summed E-state index contributed by atoms with van der Waals surface area (Å²) in [5, 5.41) is 0. The Morgan fingerprint density at radius 2 is 1.92 bits per heavy atom. The molecule has 1 aliphatic rings. The molecule has 0 aliphatic heterocycles. The minimum Gasteiger partial charge on any atom is -0.290 e. The van der Waals surface area contributed by atoms with Crippen LogP contribution in [-0.4, -0.2) is 12.3 Å².